The summed E-state index contributed by atoms with van der Waals surface area (Å²) in [5, 5.41) is 9.59. The first-order valence-electron chi connectivity index (χ1n) is 8.31. The summed E-state index contributed by atoms with van der Waals surface area (Å²) < 4.78 is 5.96. The molecule has 0 amide bonds. The van der Waals surface area contributed by atoms with Crippen molar-refractivity contribution in [1.82, 2.24) is 15.0 Å². The van der Waals surface area contributed by atoms with Crippen LogP contribution >= 0.6 is 11.8 Å². The van der Waals surface area contributed by atoms with Crippen molar-refractivity contribution < 1.29 is 4.74 Å². The molecule has 0 unspecified atom stereocenters. The summed E-state index contributed by atoms with van der Waals surface area (Å²) in [4.78, 5) is 15.3. The van der Waals surface area contributed by atoms with Crippen LogP contribution in [0.4, 0.5) is 5.82 Å². The molecule has 2 aromatic rings. The van der Waals surface area contributed by atoms with Crippen LogP contribution in [0.2, 0.25) is 0 Å². The van der Waals surface area contributed by atoms with Crippen LogP contribution in [0.15, 0.2) is 29.7 Å². The Bertz CT molecular complexity index is 751. The van der Waals surface area contributed by atoms with E-state index in [0.29, 0.717) is 24.0 Å². The topological polar surface area (TPSA) is 74.9 Å². The number of aryl methyl sites for hydroxylation is 1. The fourth-order valence-electron chi connectivity index (χ4n) is 2.82. The van der Waals surface area contributed by atoms with Gasteiger partial charge in [0.15, 0.2) is 5.16 Å². The van der Waals surface area contributed by atoms with Gasteiger partial charge in [0.25, 0.3) is 0 Å². The highest BCUT2D eigenvalue weighted by molar-refractivity contribution is 7.98. The largest absolute Gasteiger partial charge is 0.477 e. The lowest BCUT2D eigenvalue weighted by atomic mass is 9.98. The van der Waals surface area contributed by atoms with Crippen molar-refractivity contribution >= 4 is 17.6 Å². The van der Waals surface area contributed by atoms with E-state index in [2.05, 4.69) is 25.9 Å². The zero-order chi connectivity index (χ0) is 17.6. The fraction of sp³-hybridized carbons (Fsp3) is 0.444. The molecule has 3 heterocycles. The third-order valence-corrected chi connectivity index (χ3v) is 4.92. The van der Waals surface area contributed by atoms with Crippen molar-refractivity contribution in [3.63, 3.8) is 0 Å². The molecule has 0 spiro atoms. The van der Waals surface area contributed by atoms with Gasteiger partial charge in [0, 0.05) is 31.0 Å². The van der Waals surface area contributed by atoms with Crippen LogP contribution in [-0.4, -0.2) is 40.9 Å². The number of piperidine rings is 1. The molecule has 0 saturated carbocycles. The Morgan fingerprint density at radius 2 is 2.08 bits per heavy atom. The quantitative estimate of drug-likeness (QED) is 0.602. The zero-order valence-corrected chi connectivity index (χ0v) is 15.3. The molecule has 0 aromatic carbocycles. The second-order valence-electron chi connectivity index (χ2n) is 6.10. The molecule has 0 aliphatic carbocycles. The number of thioether (sulfide) groups is 1. The summed E-state index contributed by atoms with van der Waals surface area (Å²) in [5.41, 5.74) is 1.56. The molecule has 6 nitrogen and oxygen atoms in total. The van der Waals surface area contributed by atoms with Gasteiger partial charge in [-0.25, -0.2) is 9.97 Å². The van der Waals surface area contributed by atoms with E-state index >= 15 is 0 Å². The number of aromatic nitrogens is 3. The van der Waals surface area contributed by atoms with E-state index in [1.165, 1.54) is 11.8 Å². The molecule has 0 bridgehead atoms. The number of hydrogen-bond acceptors (Lipinski definition) is 7. The number of ether oxygens (including phenoxy) is 1. The van der Waals surface area contributed by atoms with Gasteiger partial charge >= 0.3 is 0 Å². The van der Waals surface area contributed by atoms with Crippen molar-refractivity contribution in [1.29, 1.82) is 5.26 Å². The number of pyridine rings is 1. The van der Waals surface area contributed by atoms with Crippen LogP contribution < -0.4 is 9.64 Å². The average molecular weight is 355 g/mol. The summed E-state index contributed by atoms with van der Waals surface area (Å²) in [5.74, 6) is 2.15. The molecule has 2 aromatic heterocycles. The van der Waals surface area contributed by atoms with Crippen molar-refractivity contribution in [2.24, 2.45) is 5.92 Å². The summed E-state index contributed by atoms with van der Waals surface area (Å²) in [6.07, 6.45) is 7.52. The molecule has 0 N–H and O–H groups in total. The van der Waals surface area contributed by atoms with E-state index < -0.39 is 0 Å². The van der Waals surface area contributed by atoms with Crippen LogP contribution in [0.5, 0.6) is 5.88 Å². The summed E-state index contributed by atoms with van der Waals surface area (Å²) in [6, 6.07) is 5.84. The number of hydrogen-bond donors (Lipinski definition) is 0. The zero-order valence-electron chi connectivity index (χ0n) is 14.5. The van der Waals surface area contributed by atoms with Gasteiger partial charge < -0.3 is 9.64 Å². The Balaban J connectivity index is 1.52. The molecular weight excluding hydrogens is 334 g/mol. The monoisotopic (exact) mass is 355 g/mol. The number of anilines is 1. The second-order valence-corrected chi connectivity index (χ2v) is 6.88. The molecule has 1 aliphatic heterocycles. The second kappa shape index (κ2) is 8.17. The summed E-state index contributed by atoms with van der Waals surface area (Å²) >= 11 is 1.52. The van der Waals surface area contributed by atoms with Crippen LogP contribution in [0.1, 0.15) is 24.0 Å². The minimum atomic E-state index is 0.515. The molecule has 130 valence electrons. The Morgan fingerprint density at radius 3 is 2.72 bits per heavy atom. The Kier molecular flexibility index (Phi) is 5.71. The van der Waals surface area contributed by atoms with Gasteiger partial charge in [0.05, 0.1) is 12.2 Å². The third-order valence-electron chi connectivity index (χ3n) is 4.36. The van der Waals surface area contributed by atoms with Gasteiger partial charge in [0.2, 0.25) is 5.88 Å². The maximum Gasteiger partial charge on any atom is 0.220 e. The maximum absolute atomic E-state index is 8.85. The number of rotatable bonds is 5. The average Bonchev–Trinajstić information content (AvgIpc) is 2.68. The Morgan fingerprint density at radius 1 is 1.28 bits per heavy atom. The van der Waals surface area contributed by atoms with E-state index in [0.717, 1.165) is 42.5 Å². The fourth-order valence-corrected chi connectivity index (χ4v) is 3.15. The van der Waals surface area contributed by atoms with Crippen LogP contribution in [0.3, 0.4) is 0 Å². The van der Waals surface area contributed by atoms with E-state index in [9.17, 15) is 0 Å². The smallest absolute Gasteiger partial charge is 0.220 e. The highest BCUT2D eigenvalue weighted by Gasteiger charge is 2.21. The molecule has 3 rings (SSSR count). The van der Waals surface area contributed by atoms with Crippen molar-refractivity contribution in [2.75, 3.05) is 30.9 Å². The normalized spacial score (nSPS) is 15.0. The SMILES string of the molecule is CSc1ncc(C)c(OCC2CCN(c3ccc(C#N)cn3)CC2)n1. The van der Waals surface area contributed by atoms with Gasteiger partial charge in [-0.05, 0) is 44.1 Å². The van der Waals surface area contributed by atoms with Crippen LogP contribution in [-0.2, 0) is 0 Å². The van der Waals surface area contributed by atoms with Gasteiger partial charge in [-0.2, -0.15) is 10.2 Å². The van der Waals surface area contributed by atoms with Crippen molar-refractivity contribution in [3.05, 3.63) is 35.7 Å². The molecule has 0 atom stereocenters. The summed E-state index contributed by atoms with van der Waals surface area (Å²) in [7, 11) is 0. The minimum absolute atomic E-state index is 0.515. The lowest BCUT2D eigenvalue weighted by Crippen LogP contribution is -2.36. The standard InChI is InChI=1S/C18H21N5OS/c1-13-10-21-18(25-2)22-17(13)24-12-14-5-7-23(8-6-14)16-4-3-15(9-19)11-20-16/h3-4,10-11,14H,5-8,12H2,1-2H3. The highest BCUT2D eigenvalue weighted by Crippen LogP contribution is 2.24. The Labute approximate surface area is 152 Å². The minimum Gasteiger partial charge on any atom is -0.477 e. The van der Waals surface area contributed by atoms with E-state index in [1.54, 1.807) is 6.20 Å². The van der Waals surface area contributed by atoms with E-state index in [-0.39, 0.29) is 0 Å². The molecular formula is C18H21N5OS. The number of nitrogens with zero attached hydrogens (tertiary/aromatic N) is 5. The molecule has 1 fully saturated rings. The molecule has 0 radical (unpaired) electrons. The molecule has 25 heavy (non-hydrogen) atoms. The van der Waals surface area contributed by atoms with Crippen LogP contribution in [0, 0.1) is 24.2 Å². The molecule has 7 heteroatoms. The van der Waals surface area contributed by atoms with Crippen LogP contribution in [0.25, 0.3) is 0 Å². The predicted molar refractivity (Wildman–Crippen MR) is 97.9 cm³/mol. The van der Waals surface area contributed by atoms with Gasteiger partial charge in [-0.3, -0.25) is 0 Å². The molecule has 1 saturated heterocycles. The highest BCUT2D eigenvalue weighted by atomic mass is 32.2. The summed E-state index contributed by atoms with van der Waals surface area (Å²) in [6.45, 7) is 4.55. The first kappa shape index (κ1) is 17.5. The number of nitriles is 1. The Hall–Kier alpha value is -2.33. The van der Waals surface area contributed by atoms with Crippen molar-refractivity contribution in [3.8, 4) is 11.9 Å². The van der Waals surface area contributed by atoms with Gasteiger partial charge in [0.1, 0.15) is 11.9 Å². The van der Waals surface area contributed by atoms with Crippen molar-refractivity contribution in [2.45, 2.75) is 24.9 Å². The first-order chi connectivity index (χ1) is 12.2. The first-order valence-corrected chi connectivity index (χ1v) is 9.53. The van der Waals surface area contributed by atoms with Gasteiger partial charge in [-0.15, -0.1) is 0 Å². The lowest BCUT2D eigenvalue weighted by molar-refractivity contribution is 0.213. The van der Waals surface area contributed by atoms with E-state index in [4.69, 9.17) is 10.00 Å². The maximum atomic E-state index is 8.85. The lowest BCUT2D eigenvalue weighted by Gasteiger charge is -2.32. The molecule has 1 aliphatic rings. The predicted octanol–water partition coefficient (Wildman–Crippen LogP) is 3.07. The third kappa shape index (κ3) is 4.40. The van der Waals surface area contributed by atoms with E-state index in [1.807, 2.05) is 31.5 Å². The van der Waals surface area contributed by atoms with Gasteiger partial charge in [-0.1, -0.05) is 11.8 Å².